The Balaban J connectivity index is 0.843. The predicted octanol–water partition coefficient (Wildman–Crippen LogP) is 9.44. The third-order valence-corrected chi connectivity index (χ3v) is 14.4. The number of carbonyl (C=O) groups is 3. The average Bonchev–Trinajstić information content (AvgIpc) is 3.99. The van der Waals surface area contributed by atoms with Gasteiger partial charge in [-0.2, -0.15) is 18.4 Å². The lowest BCUT2D eigenvalue weighted by atomic mass is 9.86. The highest BCUT2D eigenvalue weighted by Crippen LogP contribution is 2.40. The molecule has 3 N–H and O–H groups in total. The van der Waals surface area contributed by atoms with Crippen molar-refractivity contribution < 1.29 is 42.1 Å². The fourth-order valence-corrected chi connectivity index (χ4v) is 10.2. The Morgan fingerprint density at radius 3 is 2.24 bits per heavy atom. The van der Waals surface area contributed by atoms with Gasteiger partial charge in [0.15, 0.2) is 5.11 Å². The Labute approximate surface area is 427 Å². The number of nitrogens with zero attached hydrogens (tertiary/aromatic N) is 5. The van der Waals surface area contributed by atoms with E-state index in [4.69, 9.17) is 21.7 Å². The first-order chi connectivity index (χ1) is 34.0. The minimum Gasteiger partial charge on any atom is -0.494 e. The van der Waals surface area contributed by atoms with Gasteiger partial charge in [-0.25, -0.2) is 4.98 Å². The number of alkyl halides is 3. The van der Waals surface area contributed by atoms with E-state index in [1.165, 1.54) is 6.07 Å². The first-order valence-electron chi connectivity index (χ1n) is 23.8. The molecule has 18 heteroatoms. The number of anilines is 2. The number of hydrogen-bond acceptors (Lipinski definition) is 11. The minimum absolute atomic E-state index is 0.0138. The van der Waals surface area contributed by atoms with Crippen LogP contribution in [0.3, 0.4) is 0 Å². The maximum atomic E-state index is 13.8. The average molecular weight is 1020 g/mol. The summed E-state index contributed by atoms with van der Waals surface area (Å²) < 4.78 is 53.3. The highest BCUT2D eigenvalue weighted by atomic mass is 32.1. The van der Waals surface area contributed by atoms with Crippen LogP contribution in [0.2, 0.25) is 0 Å². The molecule has 13 nitrogen and oxygen atoms in total. The molecule has 2 saturated heterocycles. The fraction of sp³-hybridized carbons (Fsp3) is 0.407. The molecule has 4 aromatic carbocycles. The molecule has 0 radical (unpaired) electrons. The lowest BCUT2D eigenvalue weighted by Crippen LogP contribution is -2.54. The maximum absolute atomic E-state index is 13.8. The molecule has 0 spiro atoms. The summed E-state index contributed by atoms with van der Waals surface area (Å²) in [5.41, 5.74) is 3.87. The zero-order chi connectivity index (χ0) is 52.1. The SMILES string of the molecule is Cc1ncsc1-c1ccc(CNC(=O)[C@@H]2C[C@@H](O)CN2C[C@@H](NC(=O)CO[C@@H](C)CCCOc2ccc(-c3ccc(N4C(=S)N(c5ccc(C#N)c(C(F)(F)F)c5)C(=O)C4(C)C)cc3)cc2)C(C)(C)C)cc1. The molecule has 72 heavy (non-hydrogen) atoms. The second-order valence-corrected chi connectivity index (χ2v) is 21.1. The molecule has 380 valence electrons. The van der Waals surface area contributed by atoms with Crippen LogP contribution >= 0.6 is 23.6 Å². The van der Waals surface area contributed by atoms with Crippen LogP contribution in [-0.4, -0.2) is 94.0 Å². The topological polar surface area (TPSA) is 160 Å². The number of ether oxygens (including phenoxy) is 2. The van der Waals surface area contributed by atoms with Gasteiger partial charge in [-0.05, 0) is 129 Å². The number of β-amino-alcohol motifs (C(OH)–C–C–N with tert-alkyl or cyclic N) is 1. The summed E-state index contributed by atoms with van der Waals surface area (Å²) in [4.78, 5) is 50.5. The number of halogens is 3. The zero-order valence-corrected chi connectivity index (χ0v) is 43.0. The lowest BCUT2D eigenvalue weighted by molar-refractivity contribution is -0.138. The van der Waals surface area contributed by atoms with Crippen molar-refractivity contribution in [2.24, 2.45) is 5.41 Å². The van der Waals surface area contributed by atoms with E-state index in [9.17, 15) is 37.9 Å². The number of aliphatic hydroxyl groups is 1. The van der Waals surface area contributed by atoms with Gasteiger partial charge in [-0.1, -0.05) is 69.3 Å². The number of nitrogens with one attached hydrogen (secondary N) is 2. The van der Waals surface area contributed by atoms with Crippen LogP contribution in [0.25, 0.3) is 21.6 Å². The number of likely N-dealkylation sites (tertiary alicyclic amines) is 1. The Morgan fingerprint density at radius 2 is 1.62 bits per heavy atom. The molecule has 0 aliphatic carbocycles. The molecule has 0 saturated carbocycles. The van der Waals surface area contributed by atoms with Crippen LogP contribution in [0, 0.1) is 23.7 Å². The van der Waals surface area contributed by atoms with E-state index in [0.717, 1.165) is 49.9 Å². The van der Waals surface area contributed by atoms with E-state index in [0.29, 0.717) is 56.9 Å². The molecule has 2 fully saturated rings. The maximum Gasteiger partial charge on any atom is 0.417 e. The molecule has 3 heterocycles. The molecule has 0 bridgehead atoms. The van der Waals surface area contributed by atoms with Gasteiger partial charge in [0.2, 0.25) is 11.8 Å². The van der Waals surface area contributed by atoms with Crippen molar-refractivity contribution in [2.45, 2.75) is 110 Å². The number of hydrogen-bond donors (Lipinski definition) is 3. The van der Waals surface area contributed by atoms with Gasteiger partial charge in [0, 0.05) is 31.4 Å². The molecule has 2 aliphatic heterocycles. The van der Waals surface area contributed by atoms with Gasteiger partial charge in [-0.15, -0.1) is 11.3 Å². The van der Waals surface area contributed by atoms with Crippen LogP contribution < -0.4 is 25.2 Å². The Hall–Kier alpha value is -6.23. The van der Waals surface area contributed by atoms with Crippen LogP contribution in [0.1, 0.15) is 83.2 Å². The molecule has 5 aromatic rings. The smallest absolute Gasteiger partial charge is 0.417 e. The third-order valence-electron chi connectivity index (χ3n) is 13.1. The number of aromatic nitrogens is 1. The minimum atomic E-state index is -4.80. The van der Waals surface area contributed by atoms with E-state index in [2.05, 4.69) is 15.6 Å². The van der Waals surface area contributed by atoms with Crippen LogP contribution in [0.4, 0.5) is 24.5 Å². The van der Waals surface area contributed by atoms with Gasteiger partial charge in [0.1, 0.15) is 17.9 Å². The standard InChI is InChI=1S/C54H60F3N7O6S2/c1-33(70-31-47(66)61-46(52(3,4)5)30-62-29-42(65)26-45(62)49(67)59-28-35-10-12-38(13-11-35)48-34(2)60-32-72-48)9-8-24-69-43-22-17-37(18-23-43)36-14-19-40(20-15-36)64-51(71)63(50(68)53(64,6)7)41-21-16-39(27-58)44(25-41)54(55,56)57/h10-23,25,32-33,42,45-46,65H,8-9,24,26,28-31H2,1-7H3,(H,59,67)(H,61,66)/t33-,42+,45-,46+/m0/s1. The Morgan fingerprint density at radius 1 is 0.986 bits per heavy atom. The first kappa shape index (κ1) is 53.6. The van der Waals surface area contributed by atoms with Crippen molar-refractivity contribution in [2.75, 3.05) is 36.1 Å². The van der Waals surface area contributed by atoms with Gasteiger partial charge >= 0.3 is 6.18 Å². The van der Waals surface area contributed by atoms with Gasteiger partial charge in [-0.3, -0.25) is 24.2 Å². The molecular weight excluding hydrogens is 964 g/mol. The van der Waals surface area contributed by atoms with Crippen molar-refractivity contribution in [3.8, 4) is 33.4 Å². The van der Waals surface area contributed by atoms with E-state index in [1.54, 1.807) is 48.3 Å². The highest BCUT2D eigenvalue weighted by molar-refractivity contribution is 7.81. The number of aliphatic hydroxyl groups excluding tert-OH is 1. The summed E-state index contributed by atoms with van der Waals surface area (Å²) in [5, 5.41) is 26.1. The van der Waals surface area contributed by atoms with Crippen LogP contribution in [0.15, 0.2) is 96.5 Å². The number of thiazole rings is 1. The van der Waals surface area contributed by atoms with Crippen molar-refractivity contribution in [1.82, 2.24) is 20.5 Å². The lowest BCUT2D eigenvalue weighted by Gasteiger charge is -2.36. The number of aryl methyl sites for hydroxylation is 1. The van der Waals surface area contributed by atoms with E-state index in [-0.39, 0.29) is 46.8 Å². The van der Waals surface area contributed by atoms with Crippen molar-refractivity contribution in [3.05, 3.63) is 119 Å². The molecule has 1 aromatic heterocycles. The van der Waals surface area contributed by atoms with Crippen LogP contribution in [0.5, 0.6) is 5.75 Å². The molecule has 3 amide bonds. The van der Waals surface area contributed by atoms with Gasteiger partial charge < -0.3 is 30.1 Å². The zero-order valence-electron chi connectivity index (χ0n) is 41.4. The summed E-state index contributed by atoms with van der Waals surface area (Å²) in [6, 6.07) is 26.8. The van der Waals surface area contributed by atoms with Gasteiger partial charge in [0.05, 0.1) is 63.8 Å². The summed E-state index contributed by atoms with van der Waals surface area (Å²) in [5.74, 6) is -0.261. The number of thiocarbonyl (C=S) groups is 1. The Bertz CT molecular complexity index is 2790. The van der Waals surface area contributed by atoms with E-state index < -0.39 is 40.9 Å². The fourth-order valence-electron chi connectivity index (χ4n) is 8.89. The summed E-state index contributed by atoms with van der Waals surface area (Å²) >= 11 is 7.28. The second-order valence-electron chi connectivity index (χ2n) is 19.9. The molecule has 0 unspecified atom stereocenters. The Kier molecular flexibility index (Phi) is 16.6. The molecule has 2 aliphatic rings. The molecule has 4 atom stereocenters. The third kappa shape index (κ3) is 12.5. The largest absolute Gasteiger partial charge is 0.494 e. The monoisotopic (exact) mass is 1020 g/mol. The highest BCUT2D eigenvalue weighted by Gasteiger charge is 2.51. The molecular formula is C54H60F3N7O6S2. The van der Waals surface area contributed by atoms with Crippen LogP contribution in [-0.2, 0) is 31.8 Å². The predicted molar refractivity (Wildman–Crippen MR) is 276 cm³/mol. The van der Waals surface area contributed by atoms with Gasteiger partial charge in [0.25, 0.3) is 5.91 Å². The number of rotatable bonds is 18. The quantitative estimate of drug-likeness (QED) is 0.0567. The van der Waals surface area contributed by atoms with Crippen molar-refractivity contribution in [1.29, 1.82) is 5.26 Å². The number of nitriles is 1. The normalized spacial score (nSPS) is 18.0. The van der Waals surface area contributed by atoms with Crippen molar-refractivity contribution >= 4 is 57.8 Å². The van der Waals surface area contributed by atoms with E-state index >= 15 is 0 Å². The number of carbonyl (C=O) groups excluding carboxylic acids is 3. The summed E-state index contributed by atoms with van der Waals surface area (Å²) in [6.07, 6.45) is -4.03. The van der Waals surface area contributed by atoms with Crippen molar-refractivity contribution in [3.63, 3.8) is 0 Å². The van der Waals surface area contributed by atoms with E-state index in [1.807, 2.05) is 106 Å². The molecule has 7 rings (SSSR count). The number of amides is 3. The second kappa shape index (κ2) is 22.3. The summed E-state index contributed by atoms with van der Waals surface area (Å²) in [6.45, 7) is 14.6. The summed E-state index contributed by atoms with van der Waals surface area (Å²) in [7, 11) is 0. The number of benzene rings is 4. The first-order valence-corrected chi connectivity index (χ1v) is 25.1.